The zero-order valence-corrected chi connectivity index (χ0v) is 72.7. The van der Waals surface area contributed by atoms with E-state index in [1.165, 1.54) is 13.1 Å². The third-order valence-corrected chi connectivity index (χ3v) is 23.3. The van der Waals surface area contributed by atoms with Crippen LogP contribution in [-0.4, -0.2) is 273 Å². The number of hydrogen-bond acceptors (Lipinski definition) is 24. The number of pyridine rings is 3. The van der Waals surface area contributed by atoms with Crippen LogP contribution in [0.1, 0.15) is 117 Å². The van der Waals surface area contributed by atoms with E-state index in [-0.39, 0.29) is 107 Å². The number of halogens is 9. The monoisotopic (exact) mass is 1830 g/mol. The Morgan fingerprint density at radius 1 is 0.420 bits per heavy atom. The lowest BCUT2D eigenvalue weighted by atomic mass is 10.1. The number of anilines is 6. The van der Waals surface area contributed by atoms with Crippen LogP contribution in [0, 0.1) is 0 Å². The number of carbonyl (C=O) groups excluding carboxylic acids is 8. The molecule has 7 N–H and O–H groups in total. The molecular formula is C87H104F9N27O8. The molecule has 0 bridgehead atoms. The van der Waals surface area contributed by atoms with Crippen LogP contribution in [-0.2, 0) is 71.7 Å². The molecule has 15 rings (SSSR count). The number of alkyl halides is 9. The Kier molecular flexibility index (Phi) is 31.0. The van der Waals surface area contributed by atoms with Gasteiger partial charge in [0.1, 0.15) is 34.0 Å². The van der Waals surface area contributed by atoms with Crippen LogP contribution in [0.5, 0.6) is 0 Å². The number of nitrogens with two attached hydrogens (primary N) is 1. The molecule has 0 spiro atoms. The number of carbonyl (C=O) groups is 8. The summed E-state index contributed by atoms with van der Waals surface area (Å²) in [6.07, 6.45) is 7.27. The molecule has 44 heteroatoms. The number of nitrogen functional groups attached to an aromatic ring is 1. The van der Waals surface area contributed by atoms with Crippen molar-refractivity contribution < 1.29 is 77.9 Å². The number of allylic oxidation sites excluding steroid dienone is 1. The first kappa shape index (κ1) is 95.3. The highest BCUT2D eigenvalue weighted by Crippen LogP contribution is 2.42. The number of aromatic nitrogens is 12. The number of fused-ring (bicyclic) bond motifs is 3. The minimum atomic E-state index is -4.76. The van der Waals surface area contributed by atoms with Gasteiger partial charge < -0.3 is 56.4 Å². The zero-order valence-electron chi connectivity index (χ0n) is 72.7. The van der Waals surface area contributed by atoms with E-state index in [4.69, 9.17) is 5.73 Å². The predicted molar refractivity (Wildman–Crippen MR) is 470 cm³/mol. The fraction of sp³-hybridized carbons (Fsp3) is 0.460. The SMILES string of the molecule is C=CC(=O)CCC(=O)N1CCN(Cc2cc3c(N4CCCCC4)nc(-c4cnc(NC(=O)CC)cc4C(F)(F)F)nn3c2)CC1.C=CC(=O)NCC(=O)N1CCN(Cc2cc3c(N4CCCCC4)nc(-c4cnc(N)cc4C(F)(F)F)nn3c2)CC1.C=CC(=O)NCC(=O)N1CCN(Cc2cc3c(N4CCCCC4)nc(-c4cnc(NC(=O)NC)cc4C(F)(F)F)nn3c2)CC1. The Morgan fingerprint density at radius 2 is 0.756 bits per heavy atom. The number of amides is 8. The van der Waals surface area contributed by atoms with Gasteiger partial charge in [0.25, 0.3) is 0 Å². The second kappa shape index (κ2) is 42.5. The van der Waals surface area contributed by atoms with Crippen molar-refractivity contribution in [2.24, 2.45) is 0 Å². The van der Waals surface area contributed by atoms with Crippen molar-refractivity contribution in [3.05, 3.63) is 145 Å². The summed E-state index contributed by atoms with van der Waals surface area (Å²) in [5, 5.41) is 25.5. The highest BCUT2D eigenvalue weighted by atomic mass is 19.4. The summed E-state index contributed by atoms with van der Waals surface area (Å²) in [6.45, 7) is 24.6. The molecule has 15 heterocycles. The fourth-order valence-electron chi connectivity index (χ4n) is 16.3. The van der Waals surface area contributed by atoms with Crippen LogP contribution in [0.25, 0.3) is 50.7 Å². The number of nitrogens with zero attached hydrogens (tertiary/aromatic N) is 21. The summed E-state index contributed by atoms with van der Waals surface area (Å²) >= 11 is 0. The van der Waals surface area contributed by atoms with Crippen LogP contribution < -0.4 is 47.0 Å². The van der Waals surface area contributed by atoms with Crippen LogP contribution in [0.15, 0.2) is 112 Å². The van der Waals surface area contributed by atoms with Gasteiger partial charge in [-0.05, 0) is 129 Å². The van der Waals surface area contributed by atoms with E-state index in [1.54, 1.807) is 41.4 Å². The Morgan fingerprint density at radius 3 is 1.08 bits per heavy atom. The number of urea groups is 1. The quantitative estimate of drug-likeness (QED) is 0.0229. The summed E-state index contributed by atoms with van der Waals surface area (Å²) in [7, 11) is 1.35. The Labute approximate surface area is 747 Å². The minimum absolute atomic E-state index is 0.0538. The van der Waals surface area contributed by atoms with Gasteiger partial charge in [-0.1, -0.05) is 26.7 Å². The summed E-state index contributed by atoms with van der Waals surface area (Å²) in [5.74, 6) is -1.07. The lowest BCUT2D eigenvalue weighted by Gasteiger charge is -2.34. The molecule has 6 aliphatic heterocycles. The van der Waals surface area contributed by atoms with Crippen LogP contribution in [0.2, 0.25) is 0 Å². The molecule has 9 aromatic heterocycles. The maximum absolute atomic E-state index is 14.3. The standard InChI is InChI=1S/C31H37F3N8O3.C29H35F3N10O3.C27H32F3N9O2/c1-3-22(43)8-9-28(45)40-14-12-39(13-15-40)19-21-16-25-30(41-10-6-5-7-11-41)37-29(38-42(25)20-21)23-18-35-26(36-27(44)4-2)17-24(23)31(32,33)34;1-3-24(43)35-16-25(44)40-11-9-39(10-12-40)17-19-13-22-27(41-7-5-4-6-8-41)37-26(38-42(22)18-19)20-15-34-23(36-28(45)33-2)14-21(20)29(30,31)32;1-2-23(40)33-15-24(41)37-10-8-36(9-11-37)16-18-12-21-26(38-6-4-3-5-7-38)34-25(35-39(21)17-18)19-14-32-22(31)13-20(19)27(28,29)30/h3,16-18,20H,1,4-15,19H2,2H3,(H,35,36,44);3,13-15,18H,1,4-12,16-17H2,2H3,(H,35,43)(H2,33,34,36,45);2,12-14,17H,1,3-11,15-16H2,(H2,31,32)(H,33,40). The lowest BCUT2D eigenvalue weighted by molar-refractivity contribution is -0.138. The molecule has 6 aliphatic rings. The number of hydrogen-bond donors (Lipinski definition) is 6. The summed E-state index contributed by atoms with van der Waals surface area (Å²) in [6, 6.07) is 7.61. The van der Waals surface area contributed by atoms with Crippen molar-refractivity contribution >= 4 is 98.7 Å². The van der Waals surface area contributed by atoms with Crippen LogP contribution in [0.3, 0.4) is 0 Å². The number of ketones is 1. The molecule has 0 atom stereocenters. The van der Waals surface area contributed by atoms with Crippen LogP contribution >= 0.6 is 0 Å². The van der Waals surface area contributed by atoms with Crippen molar-refractivity contribution in [2.45, 2.75) is 122 Å². The zero-order chi connectivity index (χ0) is 93.4. The van der Waals surface area contributed by atoms with Gasteiger partial charge >= 0.3 is 24.6 Å². The molecule has 0 saturated carbocycles. The average Bonchev–Trinajstić information content (AvgIpc) is 1.70. The van der Waals surface area contributed by atoms with Crippen molar-refractivity contribution in [1.82, 2.24) is 104 Å². The Bertz CT molecular complexity index is 5440. The van der Waals surface area contributed by atoms with Crippen LogP contribution in [0.4, 0.5) is 79.2 Å². The van der Waals surface area contributed by atoms with E-state index < -0.39 is 59.0 Å². The predicted octanol–water partition coefficient (Wildman–Crippen LogP) is 9.16. The molecule has 0 radical (unpaired) electrons. The van der Waals surface area contributed by atoms with Crippen molar-refractivity contribution in [3.63, 3.8) is 0 Å². The number of piperidine rings is 3. The first-order valence-corrected chi connectivity index (χ1v) is 43.4. The van der Waals surface area contributed by atoms with Crippen molar-refractivity contribution in [2.75, 3.05) is 169 Å². The molecule has 698 valence electrons. The maximum Gasteiger partial charge on any atom is 0.417 e. The minimum Gasteiger partial charge on any atom is -0.384 e. The molecule has 0 aliphatic carbocycles. The number of nitrogens with one attached hydrogen (secondary N) is 5. The van der Waals surface area contributed by atoms with Gasteiger partial charge in [-0.25, -0.2) is 48.2 Å². The Balaban J connectivity index is 0.000000167. The number of piperazine rings is 3. The summed E-state index contributed by atoms with van der Waals surface area (Å²) in [5.41, 5.74) is 6.69. The second-order valence-corrected chi connectivity index (χ2v) is 32.4. The molecule has 131 heavy (non-hydrogen) atoms. The van der Waals surface area contributed by atoms with E-state index in [9.17, 15) is 77.9 Å². The maximum atomic E-state index is 14.3. The molecule has 8 amide bonds. The van der Waals surface area contributed by atoms with E-state index in [0.29, 0.717) is 127 Å². The number of rotatable bonds is 25. The molecule has 9 aromatic rings. The van der Waals surface area contributed by atoms with E-state index >= 15 is 0 Å². The average molecular weight is 1830 g/mol. The first-order chi connectivity index (χ1) is 62.7. The van der Waals surface area contributed by atoms with Crippen molar-refractivity contribution in [3.8, 4) is 34.2 Å². The largest absolute Gasteiger partial charge is 0.417 e. The molecule has 6 fully saturated rings. The molecule has 35 nitrogen and oxygen atoms in total. The van der Waals surface area contributed by atoms with Gasteiger partial charge in [0.05, 0.1) is 46.5 Å². The molecule has 6 saturated heterocycles. The Hall–Kier alpha value is -13.3. The van der Waals surface area contributed by atoms with Crippen molar-refractivity contribution in [1.29, 1.82) is 0 Å². The smallest absolute Gasteiger partial charge is 0.384 e. The lowest BCUT2D eigenvalue weighted by Crippen LogP contribution is -2.50. The highest BCUT2D eigenvalue weighted by molar-refractivity contribution is 5.94. The van der Waals surface area contributed by atoms with E-state index in [1.807, 2.05) is 30.6 Å². The van der Waals surface area contributed by atoms with Gasteiger partial charge in [-0.3, -0.25) is 53.6 Å². The van der Waals surface area contributed by atoms with Gasteiger partial charge in [-0.2, -0.15) is 39.5 Å². The third kappa shape index (κ3) is 24.4. The van der Waals surface area contributed by atoms with Gasteiger partial charge in [0, 0.05) is 201 Å². The van der Waals surface area contributed by atoms with Gasteiger partial charge in [0.15, 0.2) is 40.7 Å². The normalized spacial score (nSPS) is 16.3. The second-order valence-electron chi connectivity index (χ2n) is 32.4. The summed E-state index contributed by atoms with van der Waals surface area (Å²) < 4.78 is 132. The molecular weight excluding hydrogens is 1720 g/mol. The third-order valence-electron chi connectivity index (χ3n) is 23.3. The highest BCUT2D eigenvalue weighted by Gasteiger charge is 2.40. The fourth-order valence-corrected chi connectivity index (χ4v) is 16.3. The summed E-state index contributed by atoms with van der Waals surface area (Å²) in [4.78, 5) is 139. The molecule has 0 unspecified atom stereocenters. The topological polar surface area (TPSA) is 381 Å². The molecule has 0 aromatic carbocycles. The van der Waals surface area contributed by atoms with E-state index in [2.05, 4.69) is 121 Å². The first-order valence-electron chi connectivity index (χ1n) is 43.4. The van der Waals surface area contributed by atoms with Gasteiger partial charge in [-0.15, -0.1) is 15.3 Å². The van der Waals surface area contributed by atoms with Gasteiger partial charge in [0.2, 0.25) is 35.4 Å². The van der Waals surface area contributed by atoms with E-state index in [0.717, 1.165) is 168 Å².